The van der Waals surface area contributed by atoms with E-state index in [1.54, 1.807) is 19.0 Å². The highest BCUT2D eigenvalue weighted by molar-refractivity contribution is 7.60. The summed E-state index contributed by atoms with van der Waals surface area (Å²) in [6, 6.07) is 0. The number of hydrogen-bond donors (Lipinski definition) is 5. The molecule has 1 aliphatic heterocycles. The molecule has 6 N–H and O–H groups in total. The number of phosphoric ester groups is 1. The van der Waals surface area contributed by atoms with Crippen LogP contribution in [0.1, 0.15) is 13.2 Å². The van der Waals surface area contributed by atoms with E-state index in [0.29, 0.717) is 11.3 Å². The number of rotatable bonds is 8. The van der Waals surface area contributed by atoms with Gasteiger partial charge in [-0.3, -0.25) is 9.09 Å². The molecule has 3 unspecified atom stereocenters. The molecular weight excluding hydrogens is 477 g/mol. The number of nitrogens with zero attached hydrogens (tertiary/aromatic N) is 5. The first-order valence-corrected chi connectivity index (χ1v) is 12.1. The molecule has 180 valence electrons. The van der Waals surface area contributed by atoms with E-state index in [-0.39, 0.29) is 11.6 Å². The summed E-state index contributed by atoms with van der Waals surface area (Å²) in [6.45, 7) is 0.358. The summed E-state index contributed by atoms with van der Waals surface area (Å²) in [6.07, 6.45) is -4.37. The third kappa shape index (κ3) is 5.25. The predicted octanol–water partition coefficient (Wildman–Crippen LogP) is -0.0667. The Balaban J connectivity index is 1.91. The minimum Gasteiger partial charge on any atom is -0.390 e. The zero-order valence-electron chi connectivity index (χ0n) is 17.1. The number of phosphoric acid groups is 2. The fourth-order valence-electron chi connectivity index (χ4n) is 3.40. The summed E-state index contributed by atoms with van der Waals surface area (Å²) in [4.78, 5) is 40.9. The molecule has 0 aromatic carbocycles. The largest absolute Gasteiger partial charge is 0.481 e. The first-order chi connectivity index (χ1) is 14.7. The van der Waals surface area contributed by atoms with E-state index in [1.807, 2.05) is 0 Å². The molecule has 1 aliphatic rings. The highest BCUT2D eigenvalue weighted by atomic mass is 31.3. The van der Waals surface area contributed by atoms with Crippen LogP contribution >= 0.6 is 15.6 Å². The monoisotopic (exact) mass is 500 g/mol. The van der Waals surface area contributed by atoms with Gasteiger partial charge in [0.25, 0.3) is 0 Å². The van der Waals surface area contributed by atoms with Crippen LogP contribution in [0.2, 0.25) is 0 Å². The number of anilines is 2. The van der Waals surface area contributed by atoms with E-state index >= 15 is 0 Å². The Kier molecular flexibility index (Phi) is 6.92. The topological polar surface area (TPSA) is 216 Å². The van der Waals surface area contributed by atoms with E-state index < -0.39 is 52.8 Å². The number of halogens is 1. The number of ether oxygens (including phenoxy) is 1. The molecule has 2 aromatic rings. The Bertz CT molecular complexity index is 1080. The number of imidazole rings is 1. The predicted molar refractivity (Wildman–Crippen MR) is 107 cm³/mol. The summed E-state index contributed by atoms with van der Waals surface area (Å²) < 4.78 is 52.1. The number of fused-ring (bicyclic) bond motifs is 1. The van der Waals surface area contributed by atoms with Gasteiger partial charge >= 0.3 is 15.6 Å². The fraction of sp³-hybridized carbons (Fsp3) is 0.643. The molecule has 0 bridgehead atoms. The SMILES string of the molecule is CC(F)C1[C@H](n2cnc3c(N(C)C)nc(N)nc32)O[C@H](COP(=O)(O)OP(=O)(O)O)[C@H]1O. The number of hydrogen-bond acceptors (Lipinski definition) is 11. The molecule has 32 heavy (non-hydrogen) atoms. The lowest BCUT2D eigenvalue weighted by Crippen LogP contribution is -2.34. The van der Waals surface area contributed by atoms with Crippen molar-refractivity contribution in [3.8, 4) is 0 Å². The molecule has 6 atom stereocenters. The smallest absolute Gasteiger partial charge is 0.390 e. The zero-order chi connectivity index (χ0) is 24.0. The van der Waals surface area contributed by atoms with Gasteiger partial charge in [0.2, 0.25) is 5.95 Å². The van der Waals surface area contributed by atoms with E-state index in [1.165, 1.54) is 17.8 Å². The minimum absolute atomic E-state index is 0.0815. The molecule has 1 saturated heterocycles. The molecule has 0 saturated carbocycles. The van der Waals surface area contributed by atoms with Gasteiger partial charge in [-0.1, -0.05) is 0 Å². The van der Waals surface area contributed by atoms with Crippen molar-refractivity contribution < 1.29 is 46.9 Å². The van der Waals surface area contributed by atoms with Gasteiger partial charge in [-0.15, -0.1) is 0 Å². The van der Waals surface area contributed by atoms with E-state index in [9.17, 15) is 23.5 Å². The molecule has 0 aliphatic carbocycles. The lowest BCUT2D eigenvalue weighted by molar-refractivity contribution is -0.0461. The number of aromatic nitrogens is 4. The molecule has 1 fully saturated rings. The van der Waals surface area contributed by atoms with Crippen LogP contribution < -0.4 is 10.6 Å². The van der Waals surface area contributed by atoms with E-state index in [2.05, 4.69) is 23.8 Å². The van der Waals surface area contributed by atoms with Crippen LogP contribution in [-0.2, 0) is 22.7 Å². The zero-order valence-corrected chi connectivity index (χ0v) is 18.9. The molecule has 0 radical (unpaired) electrons. The van der Waals surface area contributed by atoms with Crippen molar-refractivity contribution >= 4 is 38.6 Å². The van der Waals surface area contributed by atoms with Crippen LogP contribution in [0.5, 0.6) is 0 Å². The van der Waals surface area contributed by atoms with E-state index in [4.69, 9.17) is 20.3 Å². The molecule has 3 rings (SSSR count). The molecule has 15 nitrogen and oxygen atoms in total. The van der Waals surface area contributed by atoms with Gasteiger partial charge in [0.15, 0.2) is 17.0 Å². The van der Waals surface area contributed by atoms with Crippen LogP contribution in [0.15, 0.2) is 6.33 Å². The maximum Gasteiger partial charge on any atom is 0.481 e. The summed E-state index contributed by atoms with van der Waals surface area (Å²) >= 11 is 0. The third-order valence-electron chi connectivity index (χ3n) is 4.68. The normalized spacial score (nSPS) is 26.9. The van der Waals surface area contributed by atoms with Crippen molar-refractivity contribution in [1.82, 2.24) is 19.5 Å². The second-order valence-corrected chi connectivity index (χ2v) is 10.1. The van der Waals surface area contributed by atoms with Crippen molar-refractivity contribution in [1.29, 1.82) is 0 Å². The second-order valence-electron chi connectivity index (χ2n) is 7.27. The summed E-state index contributed by atoms with van der Waals surface area (Å²) in [7, 11) is -7.10. The standard InChI is InChI=1S/C14H23FN6O9P2/c1-6(15)8-10(22)7(4-28-32(26,27)30-31(23,24)25)29-13(8)21-5-17-9-11(20(2)3)18-14(16)19-12(9)21/h5-8,10,13,22H,4H2,1-3H3,(H,26,27)(H2,16,18,19)(H2,23,24,25)/t6?,7-,8?,10-,13-/m1/s1. The average Bonchev–Trinajstić information content (AvgIpc) is 3.17. The van der Waals surface area contributed by atoms with Crippen molar-refractivity contribution in [3.05, 3.63) is 6.33 Å². The Morgan fingerprint density at radius 1 is 1.34 bits per heavy atom. The van der Waals surface area contributed by atoms with Gasteiger partial charge in [-0.05, 0) is 6.92 Å². The average molecular weight is 500 g/mol. The van der Waals surface area contributed by atoms with Crippen LogP contribution in [0.4, 0.5) is 16.2 Å². The third-order valence-corrected chi connectivity index (χ3v) is 6.83. The molecule has 2 aromatic heterocycles. The maximum absolute atomic E-state index is 14.4. The maximum atomic E-state index is 14.4. The molecule has 18 heteroatoms. The second kappa shape index (κ2) is 8.89. The summed E-state index contributed by atoms with van der Waals surface area (Å²) in [5.74, 6) is -0.867. The first kappa shape index (κ1) is 24.9. The van der Waals surface area contributed by atoms with E-state index in [0.717, 1.165) is 0 Å². The summed E-state index contributed by atoms with van der Waals surface area (Å²) in [5, 5.41) is 10.6. The quantitative estimate of drug-likeness (QED) is 0.300. The van der Waals surface area contributed by atoms with Crippen molar-refractivity contribution in [2.75, 3.05) is 31.3 Å². The summed E-state index contributed by atoms with van der Waals surface area (Å²) in [5.41, 5.74) is 6.31. The molecular formula is C14H23FN6O9P2. The van der Waals surface area contributed by atoms with Crippen LogP contribution in [-0.4, -0.2) is 78.4 Å². The number of nitrogens with two attached hydrogens (primary N) is 1. The Morgan fingerprint density at radius 2 is 2.00 bits per heavy atom. The van der Waals surface area contributed by atoms with Crippen LogP contribution in [0, 0.1) is 5.92 Å². The van der Waals surface area contributed by atoms with Crippen molar-refractivity contribution in [3.63, 3.8) is 0 Å². The lowest BCUT2D eigenvalue weighted by Gasteiger charge is -2.22. The number of aliphatic hydroxyl groups excluding tert-OH is 1. The molecule has 0 amide bonds. The van der Waals surface area contributed by atoms with Gasteiger partial charge in [0.1, 0.15) is 18.5 Å². The Labute approximate surface area is 180 Å². The number of aliphatic hydroxyl groups is 1. The fourth-order valence-corrected chi connectivity index (χ4v) is 5.00. The minimum atomic E-state index is -5.33. The Hall–Kier alpha value is -1.74. The van der Waals surface area contributed by atoms with Gasteiger partial charge in [-0.2, -0.15) is 14.3 Å². The molecule has 0 spiro atoms. The van der Waals surface area contributed by atoms with Crippen molar-refractivity contribution in [2.24, 2.45) is 5.92 Å². The Morgan fingerprint density at radius 3 is 2.56 bits per heavy atom. The van der Waals surface area contributed by atoms with Gasteiger partial charge in [0, 0.05) is 14.1 Å². The first-order valence-electron chi connectivity index (χ1n) is 9.09. The van der Waals surface area contributed by atoms with Gasteiger partial charge in [0.05, 0.1) is 25.0 Å². The van der Waals surface area contributed by atoms with Crippen molar-refractivity contribution in [2.45, 2.75) is 31.5 Å². The van der Waals surface area contributed by atoms with Crippen LogP contribution in [0.25, 0.3) is 11.2 Å². The highest BCUT2D eigenvalue weighted by Gasteiger charge is 2.49. The lowest BCUT2D eigenvalue weighted by atomic mass is 9.95. The van der Waals surface area contributed by atoms with Gasteiger partial charge < -0.3 is 35.2 Å². The van der Waals surface area contributed by atoms with Crippen LogP contribution in [0.3, 0.4) is 0 Å². The highest BCUT2D eigenvalue weighted by Crippen LogP contribution is 2.58. The molecule has 3 heterocycles. The number of alkyl halides is 1. The van der Waals surface area contributed by atoms with Gasteiger partial charge in [-0.25, -0.2) is 18.5 Å². The number of nitrogen functional groups attached to an aromatic ring is 1.